The summed E-state index contributed by atoms with van der Waals surface area (Å²) in [4.78, 5) is 21.2. The summed E-state index contributed by atoms with van der Waals surface area (Å²) >= 11 is 5.83. The van der Waals surface area contributed by atoms with Crippen molar-refractivity contribution < 1.29 is 9.53 Å². The Hall–Kier alpha value is -2.64. The Morgan fingerprint density at radius 2 is 2.13 bits per heavy atom. The Morgan fingerprint density at radius 3 is 2.87 bits per heavy atom. The van der Waals surface area contributed by atoms with E-state index in [-0.39, 0.29) is 12.0 Å². The van der Waals surface area contributed by atoms with Crippen LogP contribution in [0, 0.1) is 0 Å². The van der Waals surface area contributed by atoms with Crippen LogP contribution in [-0.2, 0) is 17.7 Å². The summed E-state index contributed by atoms with van der Waals surface area (Å²) in [5.41, 5.74) is 2.72. The van der Waals surface area contributed by atoms with Crippen molar-refractivity contribution in [2.75, 3.05) is 26.2 Å². The van der Waals surface area contributed by atoms with Gasteiger partial charge in [-0.15, -0.1) is 0 Å². The van der Waals surface area contributed by atoms with Gasteiger partial charge < -0.3 is 20.7 Å². The van der Waals surface area contributed by atoms with E-state index in [4.69, 9.17) is 16.3 Å². The van der Waals surface area contributed by atoms with Crippen molar-refractivity contribution >= 4 is 23.5 Å². The minimum absolute atomic E-state index is 0.0806. The molecule has 1 saturated heterocycles. The number of amides is 1. The molecule has 2 heterocycles. The molecule has 0 saturated carbocycles. The van der Waals surface area contributed by atoms with Crippen LogP contribution in [0.4, 0.5) is 0 Å². The largest absolute Gasteiger partial charge is 0.376 e. The van der Waals surface area contributed by atoms with Crippen LogP contribution in [-0.4, -0.2) is 49.2 Å². The fourth-order valence-corrected chi connectivity index (χ4v) is 3.43. The summed E-state index contributed by atoms with van der Waals surface area (Å²) in [6.07, 6.45) is 4.80. The Bertz CT molecular complexity index is 867. The fourth-order valence-electron chi connectivity index (χ4n) is 3.32. The number of hydrogen-bond donors (Lipinski definition) is 3. The molecule has 7 nitrogen and oxygen atoms in total. The number of aliphatic imine (C=N–C) groups is 1. The first-order valence-corrected chi connectivity index (χ1v) is 11.1. The minimum atomic E-state index is -0.0806. The summed E-state index contributed by atoms with van der Waals surface area (Å²) in [7, 11) is 0. The summed E-state index contributed by atoms with van der Waals surface area (Å²) in [6, 6.07) is 11.3. The van der Waals surface area contributed by atoms with Gasteiger partial charge in [0.2, 0.25) is 0 Å². The van der Waals surface area contributed by atoms with E-state index in [0.29, 0.717) is 23.8 Å². The van der Waals surface area contributed by atoms with Crippen LogP contribution < -0.4 is 16.0 Å². The van der Waals surface area contributed by atoms with Crippen molar-refractivity contribution in [3.63, 3.8) is 0 Å². The lowest BCUT2D eigenvalue weighted by molar-refractivity contribution is 0.0857. The van der Waals surface area contributed by atoms with Gasteiger partial charge >= 0.3 is 0 Å². The van der Waals surface area contributed by atoms with E-state index >= 15 is 0 Å². The van der Waals surface area contributed by atoms with Gasteiger partial charge in [0.05, 0.1) is 12.6 Å². The first kappa shape index (κ1) is 23.0. The summed E-state index contributed by atoms with van der Waals surface area (Å²) < 4.78 is 5.56. The second-order valence-electron chi connectivity index (χ2n) is 7.41. The van der Waals surface area contributed by atoms with Gasteiger partial charge in [-0.2, -0.15) is 0 Å². The van der Waals surface area contributed by atoms with Crippen molar-refractivity contribution in [1.29, 1.82) is 0 Å². The second kappa shape index (κ2) is 12.3. The first-order chi connectivity index (χ1) is 15.1. The number of halogens is 1. The Kier molecular flexibility index (Phi) is 9.12. The van der Waals surface area contributed by atoms with E-state index in [2.05, 4.69) is 25.9 Å². The molecule has 1 aliphatic heterocycles. The average Bonchev–Trinajstić information content (AvgIpc) is 3.31. The number of carbonyl (C=O) groups is 1. The maximum absolute atomic E-state index is 12.5. The van der Waals surface area contributed by atoms with Gasteiger partial charge in [0.1, 0.15) is 5.15 Å². The van der Waals surface area contributed by atoms with Crippen LogP contribution in [0.1, 0.15) is 41.3 Å². The quantitative estimate of drug-likeness (QED) is 0.315. The molecule has 31 heavy (non-hydrogen) atoms. The van der Waals surface area contributed by atoms with Crippen molar-refractivity contribution in [2.45, 2.75) is 38.8 Å². The predicted octanol–water partition coefficient (Wildman–Crippen LogP) is 2.94. The van der Waals surface area contributed by atoms with E-state index in [9.17, 15) is 4.79 Å². The first-order valence-electron chi connectivity index (χ1n) is 10.8. The third-order valence-electron chi connectivity index (χ3n) is 4.96. The molecule has 0 bridgehead atoms. The molecule has 0 aliphatic carbocycles. The Balaban J connectivity index is 1.51. The number of pyridine rings is 1. The highest BCUT2D eigenvalue weighted by Crippen LogP contribution is 2.12. The topological polar surface area (TPSA) is 87.6 Å². The smallest absolute Gasteiger partial charge is 0.251 e. The SMILES string of the molecule is CCNC(=NCc1cccc(C(=O)NCC2CCCO2)c1)NCCc1ccc(Cl)nc1. The number of nitrogens with one attached hydrogen (secondary N) is 3. The van der Waals surface area contributed by atoms with E-state index in [1.807, 2.05) is 37.3 Å². The molecule has 2 aromatic rings. The van der Waals surface area contributed by atoms with Crippen LogP contribution >= 0.6 is 11.6 Å². The number of guanidine groups is 1. The number of ether oxygens (including phenoxy) is 1. The molecule has 166 valence electrons. The highest BCUT2D eigenvalue weighted by molar-refractivity contribution is 6.29. The molecule has 1 aromatic heterocycles. The summed E-state index contributed by atoms with van der Waals surface area (Å²) in [5.74, 6) is 0.653. The third kappa shape index (κ3) is 7.84. The number of rotatable bonds is 9. The molecule has 3 rings (SSSR count). The van der Waals surface area contributed by atoms with Crippen LogP contribution in [0.15, 0.2) is 47.6 Å². The Labute approximate surface area is 188 Å². The van der Waals surface area contributed by atoms with Crippen molar-refractivity contribution in [2.24, 2.45) is 4.99 Å². The molecule has 1 aromatic carbocycles. The van der Waals surface area contributed by atoms with Gasteiger partial charge in [0.25, 0.3) is 5.91 Å². The molecule has 1 aliphatic rings. The number of aromatic nitrogens is 1. The van der Waals surface area contributed by atoms with E-state index in [0.717, 1.165) is 56.0 Å². The predicted molar refractivity (Wildman–Crippen MR) is 124 cm³/mol. The lowest BCUT2D eigenvalue weighted by Gasteiger charge is -2.12. The fraction of sp³-hybridized carbons (Fsp3) is 0.435. The van der Waals surface area contributed by atoms with Gasteiger partial charge in [0.15, 0.2) is 5.96 Å². The third-order valence-corrected chi connectivity index (χ3v) is 5.19. The highest BCUT2D eigenvalue weighted by atomic mass is 35.5. The molecular weight excluding hydrogens is 414 g/mol. The summed E-state index contributed by atoms with van der Waals surface area (Å²) in [5, 5.41) is 10.0. The van der Waals surface area contributed by atoms with Crippen molar-refractivity contribution in [3.8, 4) is 0 Å². The molecule has 0 spiro atoms. The molecule has 3 N–H and O–H groups in total. The van der Waals surface area contributed by atoms with E-state index in [1.54, 1.807) is 12.3 Å². The van der Waals surface area contributed by atoms with Crippen LogP contribution in [0.5, 0.6) is 0 Å². The van der Waals surface area contributed by atoms with Gasteiger partial charge in [-0.1, -0.05) is 29.8 Å². The van der Waals surface area contributed by atoms with Gasteiger partial charge in [-0.05, 0) is 55.5 Å². The highest BCUT2D eigenvalue weighted by Gasteiger charge is 2.16. The lowest BCUT2D eigenvalue weighted by atomic mass is 10.1. The number of hydrogen-bond acceptors (Lipinski definition) is 4. The second-order valence-corrected chi connectivity index (χ2v) is 7.79. The summed E-state index contributed by atoms with van der Waals surface area (Å²) in [6.45, 7) is 5.33. The molecule has 8 heteroatoms. The lowest BCUT2D eigenvalue weighted by Crippen LogP contribution is -2.38. The van der Waals surface area contributed by atoms with E-state index < -0.39 is 0 Å². The average molecular weight is 444 g/mol. The molecule has 1 atom stereocenters. The zero-order valence-electron chi connectivity index (χ0n) is 17.9. The number of benzene rings is 1. The number of carbonyl (C=O) groups excluding carboxylic acids is 1. The van der Waals surface area contributed by atoms with Gasteiger partial charge in [-0.3, -0.25) is 4.79 Å². The van der Waals surface area contributed by atoms with Crippen LogP contribution in [0.2, 0.25) is 5.15 Å². The van der Waals surface area contributed by atoms with Gasteiger partial charge in [-0.25, -0.2) is 9.98 Å². The van der Waals surface area contributed by atoms with Crippen LogP contribution in [0.3, 0.4) is 0 Å². The standard InChI is InChI=1S/C23H30ClN5O2/c1-2-25-23(26-11-10-17-8-9-21(24)27-14-17)29-15-18-5-3-6-19(13-18)22(30)28-16-20-7-4-12-31-20/h3,5-6,8-9,13-14,20H,2,4,7,10-12,15-16H2,1H3,(H,28,30)(H2,25,26,29). The normalized spacial score (nSPS) is 16.2. The maximum Gasteiger partial charge on any atom is 0.251 e. The van der Waals surface area contributed by atoms with E-state index in [1.165, 1.54) is 0 Å². The molecule has 1 unspecified atom stereocenters. The van der Waals surface area contributed by atoms with Crippen LogP contribution in [0.25, 0.3) is 0 Å². The molecular formula is C23H30ClN5O2. The minimum Gasteiger partial charge on any atom is -0.376 e. The Morgan fingerprint density at radius 1 is 1.23 bits per heavy atom. The van der Waals surface area contributed by atoms with Crippen molar-refractivity contribution in [3.05, 3.63) is 64.4 Å². The molecule has 1 fully saturated rings. The molecule has 0 radical (unpaired) electrons. The number of nitrogens with zero attached hydrogens (tertiary/aromatic N) is 2. The van der Waals surface area contributed by atoms with Gasteiger partial charge in [0, 0.05) is 38.0 Å². The zero-order chi connectivity index (χ0) is 21.9. The van der Waals surface area contributed by atoms with Crippen molar-refractivity contribution in [1.82, 2.24) is 20.9 Å². The monoisotopic (exact) mass is 443 g/mol. The molecule has 1 amide bonds. The zero-order valence-corrected chi connectivity index (χ0v) is 18.6. The maximum atomic E-state index is 12.5.